The monoisotopic (exact) mass is 438 g/mol. The Morgan fingerprint density at radius 1 is 1.22 bits per heavy atom. The van der Waals surface area contributed by atoms with Gasteiger partial charge in [-0.1, -0.05) is 12.1 Å². The van der Waals surface area contributed by atoms with Gasteiger partial charge in [0.25, 0.3) is 0 Å². The highest BCUT2D eigenvalue weighted by Crippen LogP contribution is 2.43. The van der Waals surface area contributed by atoms with Crippen molar-refractivity contribution < 1.29 is 19.0 Å². The van der Waals surface area contributed by atoms with Gasteiger partial charge in [-0.2, -0.15) is 5.10 Å². The van der Waals surface area contributed by atoms with E-state index in [2.05, 4.69) is 11.9 Å². The molecular weight excluding hydrogens is 411 g/mol. The quantitative estimate of drug-likeness (QED) is 0.780. The SMILES string of the molecule is CN1CCC(N(C)C(=O)N2N=C3c4cc(F)ccc4OCC3C2c2cccc(O)c2)CC1. The van der Waals surface area contributed by atoms with Crippen LogP contribution in [0.4, 0.5) is 9.18 Å². The first kappa shape index (κ1) is 20.8. The summed E-state index contributed by atoms with van der Waals surface area (Å²) in [6, 6.07) is 10.7. The van der Waals surface area contributed by atoms with Crippen LogP contribution in [-0.4, -0.2) is 71.5 Å². The Kier molecular flexibility index (Phi) is 5.25. The molecule has 1 saturated heterocycles. The molecule has 3 heterocycles. The molecule has 5 rings (SSSR count). The highest BCUT2D eigenvalue weighted by atomic mass is 19.1. The maximum Gasteiger partial charge on any atom is 0.341 e. The number of phenolic OH excluding ortho intramolecular Hbond substituents is 1. The van der Waals surface area contributed by atoms with Crippen LogP contribution in [0.5, 0.6) is 11.5 Å². The van der Waals surface area contributed by atoms with Crippen molar-refractivity contribution >= 4 is 11.7 Å². The van der Waals surface area contributed by atoms with Crippen LogP contribution in [0.2, 0.25) is 0 Å². The zero-order valence-corrected chi connectivity index (χ0v) is 18.2. The Bertz CT molecular complexity index is 1070. The van der Waals surface area contributed by atoms with Crippen LogP contribution in [-0.2, 0) is 0 Å². The van der Waals surface area contributed by atoms with Crippen molar-refractivity contribution in [2.24, 2.45) is 11.0 Å². The zero-order valence-electron chi connectivity index (χ0n) is 18.2. The Morgan fingerprint density at radius 2 is 2.00 bits per heavy atom. The summed E-state index contributed by atoms with van der Waals surface area (Å²) in [5, 5.41) is 16.3. The molecule has 2 aromatic carbocycles. The number of hydrogen-bond donors (Lipinski definition) is 1. The van der Waals surface area contributed by atoms with E-state index in [9.17, 15) is 14.3 Å². The summed E-state index contributed by atoms with van der Waals surface area (Å²) < 4.78 is 20.0. The maximum absolute atomic E-state index is 14.0. The summed E-state index contributed by atoms with van der Waals surface area (Å²) in [5.41, 5.74) is 1.98. The normalized spacial score (nSPS) is 23.2. The number of fused-ring (bicyclic) bond motifs is 3. The van der Waals surface area contributed by atoms with Gasteiger partial charge in [0.2, 0.25) is 0 Å². The third kappa shape index (κ3) is 3.58. The number of piperidine rings is 1. The molecule has 168 valence electrons. The first-order valence-corrected chi connectivity index (χ1v) is 11.0. The van der Waals surface area contributed by atoms with Gasteiger partial charge in [-0.3, -0.25) is 0 Å². The van der Waals surface area contributed by atoms with Gasteiger partial charge in [-0.05, 0) is 68.9 Å². The molecule has 32 heavy (non-hydrogen) atoms. The van der Waals surface area contributed by atoms with E-state index in [1.54, 1.807) is 29.2 Å². The Balaban J connectivity index is 1.53. The van der Waals surface area contributed by atoms with Gasteiger partial charge in [0.1, 0.15) is 17.3 Å². The van der Waals surface area contributed by atoms with Crippen LogP contribution in [0.3, 0.4) is 0 Å². The number of ether oxygens (including phenoxy) is 1. The van der Waals surface area contributed by atoms with E-state index in [-0.39, 0.29) is 29.6 Å². The number of amides is 2. The fourth-order valence-corrected chi connectivity index (χ4v) is 4.95. The van der Waals surface area contributed by atoms with E-state index in [1.807, 2.05) is 13.1 Å². The summed E-state index contributed by atoms with van der Waals surface area (Å²) in [5.74, 6) is 0.0444. The predicted molar refractivity (Wildman–Crippen MR) is 118 cm³/mol. The number of hydrazone groups is 1. The molecule has 1 N–H and O–H groups in total. The largest absolute Gasteiger partial charge is 0.508 e. The van der Waals surface area contributed by atoms with Crippen LogP contribution >= 0.6 is 0 Å². The number of rotatable bonds is 2. The van der Waals surface area contributed by atoms with Crippen LogP contribution in [0.25, 0.3) is 0 Å². The molecule has 2 amide bonds. The standard InChI is InChI=1S/C24H27FN4O3/c1-27-10-8-17(9-11-27)28(2)24(31)29-23(15-4-3-5-18(30)12-15)20-14-32-21-7-6-16(25)13-19(21)22(20)26-29/h3-7,12-13,17,20,23,30H,8-11,14H2,1-2H3. The maximum atomic E-state index is 14.0. The van der Waals surface area contributed by atoms with E-state index >= 15 is 0 Å². The molecule has 2 aromatic rings. The summed E-state index contributed by atoms with van der Waals surface area (Å²) in [6.45, 7) is 2.20. The number of carbonyl (C=O) groups is 1. The third-order valence-corrected chi connectivity index (χ3v) is 6.79. The molecule has 1 fully saturated rings. The number of carbonyl (C=O) groups excluding carboxylic acids is 1. The molecule has 2 unspecified atom stereocenters. The molecule has 3 aliphatic rings. The van der Waals surface area contributed by atoms with Crippen molar-refractivity contribution in [2.45, 2.75) is 24.9 Å². The molecule has 0 aliphatic carbocycles. The number of benzene rings is 2. The Hall–Kier alpha value is -3.13. The smallest absolute Gasteiger partial charge is 0.341 e. The van der Waals surface area contributed by atoms with E-state index in [0.29, 0.717) is 23.6 Å². The first-order chi connectivity index (χ1) is 15.4. The van der Waals surface area contributed by atoms with Crippen molar-refractivity contribution in [3.63, 3.8) is 0 Å². The number of hydrogen-bond acceptors (Lipinski definition) is 5. The van der Waals surface area contributed by atoms with Crippen molar-refractivity contribution in [1.29, 1.82) is 0 Å². The molecule has 0 bridgehead atoms. The molecule has 0 spiro atoms. The van der Waals surface area contributed by atoms with Crippen LogP contribution in [0.1, 0.15) is 30.0 Å². The minimum Gasteiger partial charge on any atom is -0.508 e. The summed E-state index contributed by atoms with van der Waals surface area (Å²) in [7, 11) is 3.91. The topological polar surface area (TPSA) is 68.6 Å². The van der Waals surface area contributed by atoms with Crippen molar-refractivity contribution in [1.82, 2.24) is 14.8 Å². The van der Waals surface area contributed by atoms with Crippen molar-refractivity contribution in [2.75, 3.05) is 33.8 Å². The van der Waals surface area contributed by atoms with Gasteiger partial charge in [0.15, 0.2) is 0 Å². The van der Waals surface area contributed by atoms with Gasteiger partial charge in [0, 0.05) is 18.7 Å². The van der Waals surface area contributed by atoms with Gasteiger partial charge in [-0.25, -0.2) is 14.2 Å². The first-order valence-electron chi connectivity index (χ1n) is 11.0. The molecule has 0 saturated carbocycles. The number of nitrogens with zero attached hydrogens (tertiary/aromatic N) is 4. The Labute approximate surface area is 186 Å². The highest BCUT2D eigenvalue weighted by Gasteiger charge is 2.46. The number of phenols is 1. The lowest BCUT2D eigenvalue weighted by Gasteiger charge is -2.37. The average Bonchev–Trinajstić information content (AvgIpc) is 3.19. The van der Waals surface area contributed by atoms with E-state index < -0.39 is 6.04 Å². The number of halogens is 1. The average molecular weight is 439 g/mol. The second-order valence-corrected chi connectivity index (χ2v) is 8.86. The minimum atomic E-state index is -0.449. The third-order valence-electron chi connectivity index (χ3n) is 6.79. The molecular formula is C24H27FN4O3. The highest BCUT2D eigenvalue weighted by molar-refractivity contribution is 6.07. The van der Waals surface area contributed by atoms with E-state index in [1.165, 1.54) is 17.1 Å². The molecule has 0 aromatic heterocycles. The lowest BCUT2D eigenvalue weighted by Crippen LogP contribution is -2.49. The molecule has 3 aliphatic heterocycles. The van der Waals surface area contributed by atoms with Crippen LogP contribution in [0.15, 0.2) is 47.6 Å². The summed E-state index contributed by atoms with van der Waals surface area (Å²) in [4.78, 5) is 17.7. The number of urea groups is 1. The summed E-state index contributed by atoms with van der Waals surface area (Å²) in [6.07, 6.45) is 1.81. The van der Waals surface area contributed by atoms with Gasteiger partial charge < -0.3 is 19.6 Å². The Morgan fingerprint density at radius 3 is 2.75 bits per heavy atom. The van der Waals surface area contributed by atoms with Gasteiger partial charge in [-0.15, -0.1) is 0 Å². The van der Waals surface area contributed by atoms with Crippen LogP contribution < -0.4 is 4.74 Å². The lowest BCUT2D eigenvalue weighted by atomic mass is 9.86. The van der Waals surface area contributed by atoms with E-state index in [0.717, 1.165) is 31.5 Å². The van der Waals surface area contributed by atoms with Crippen LogP contribution in [0, 0.1) is 11.7 Å². The second kappa shape index (κ2) is 8.09. The fraction of sp³-hybridized carbons (Fsp3) is 0.417. The zero-order chi connectivity index (χ0) is 22.4. The number of likely N-dealkylation sites (tertiary alicyclic amines) is 1. The van der Waals surface area contributed by atoms with Gasteiger partial charge in [0.05, 0.1) is 24.3 Å². The van der Waals surface area contributed by atoms with E-state index in [4.69, 9.17) is 9.84 Å². The predicted octanol–water partition coefficient (Wildman–Crippen LogP) is 3.45. The molecule has 8 heteroatoms. The number of aromatic hydroxyl groups is 1. The second-order valence-electron chi connectivity index (χ2n) is 8.86. The minimum absolute atomic E-state index is 0.121. The molecule has 0 radical (unpaired) electrons. The fourth-order valence-electron chi connectivity index (χ4n) is 4.95. The lowest BCUT2D eigenvalue weighted by molar-refractivity contribution is 0.102. The van der Waals surface area contributed by atoms with Crippen molar-refractivity contribution in [3.8, 4) is 11.5 Å². The molecule has 7 nitrogen and oxygen atoms in total. The van der Waals surface area contributed by atoms with Crippen molar-refractivity contribution in [3.05, 3.63) is 59.4 Å². The summed E-state index contributed by atoms with van der Waals surface area (Å²) >= 11 is 0. The molecule has 2 atom stereocenters. The van der Waals surface area contributed by atoms with Gasteiger partial charge >= 0.3 is 6.03 Å².